The molecule has 0 amide bonds. The third-order valence-corrected chi connectivity index (χ3v) is 2.99. The summed E-state index contributed by atoms with van der Waals surface area (Å²) in [5, 5.41) is 6.94. The molecule has 0 aliphatic rings. The van der Waals surface area contributed by atoms with Gasteiger partial charge in [0.1, 0.15) is 0 Å². The van der Waals surface area contributed by atoms with E-state index in [2.05, 4.69) is 29.4 Å². The van der Waals surface area contributed by atoms with Crippen LogP contribution in [0, 0.1) is 0 Å². The zero-order valence-corrected chi connectivity index (χ0v) is 12.5. The molecule has 0 aromatic heterocycles. The fourth-order valence-electron chi connectivity index (χ4n) is 1.89. The Kier molecular flexibility index (Phi) is 14.8. The molecule has 110 valence electrons. The molecule has 0 heterocycles. The number of hydrogen-bond donors (Lipinski definition) is 3. The van der Waals surface area contributed by atoms with Gasteiger partial charge in [0.15, 0.2) is 0 Å². The highest BCUT2D eigenvalue weighted by molar-refractivity contribution is 4.62. The molecule has 4 nitrogen and oxygen atoms in total. The predicted molar refractivity (Wildman–Crippen MR) is 81.0 cm³/mol. The van der Waals surface area contributed by atoms with Gasteiger partial charge in [0.05, 0.1) is 0 Å². The predicted octanol–water partition coefficient (Wildman–Crippen LogP) is 1.03. The molecule has 0 fully saturated rings. The van der Waals surface area contributed by atoms with Gasteiger partial charge < -0.3 is 21.3 Å². The van der Waals surface area contributed by atoms with E-state index in [1.165, 1.54) is 25.8 Å². The first kappa shape index (κ1) is 17.8. The van der Waals surface area contributed by atoms with E-state index in [1.54, 1.807) is 0 Å². The molecule has 0 atom stereocenters. The first-order chi connectivity index (χ1) is 8.85. The van der Waals surface area contributed by atoms with Gasteiger partial charge in [0.2, 0.25) is 0 Å². The maximum absolute atomic E-state index is 5.55. The molecule has 0 radical (unpaired) electrons. The average Bonchev–Trinajstić information content (AvgIpc) is 2.39. The second-order valence-electron chi connectivity index (χ2n) is 4.84. The third kappa shape index (κ3) is 12.3. The van der Waals surface area contributed by atoms with Crippen molar-refractivity contribution in [1.82, 2.24) is 15.5 Å². The Bertz CT molecular complexity index is 141. The molecule has 0 saturated carbocycles. The van der Waals surface area contributed by atoms with Crippen molar-refractivity contribution in [2.45, 2.75) is 39.5 Å². The van der Waals surface area contributed by atoms with Crippen LogP contribution >= 0.6 is 0 Å². The highest BCUT2D eigenvalue weighted by Gasteiger charge is 2.03. The fraction of sp³-hybridized carbons (Fsp3) is 1.00. The lowest BCUT2D eigenvalue weighted by atomic mass is 10.3. The van der Waals surface area contributed by atoms with Crippen molar-refractivity contribution >= 4 is 0 Å². The second kappa shape index (κ2) is 14.9. The van der Waals surface area contributed by atoms with Crippen LogP contribution in [0.15, 0.2) is 0 Å². The highest BCUT2D eigenvalue weighted by Crippen LogP contribution is 1.94. The van der Waals surface area contributed by atoms with E-state index in [4.69, 9.17) is 5.73 Å². The molecule has 0 bridgehead atoms. The first-order valence-corrected chi connectivity index (χ1v) is 7.69. The summed E-state index contributed by atoms with van der Waals surface area (Å²) in [6.45, 7) is 13.2. The maximum Gasteiger partial charge on any atom is 0.0107 e. The molecule has 4 N–H and O–H groups in total. The number of unbranched alkanes of at least 4 members (excludes halogenated alkanes) is 1. The second-order valence-corrected chi connectivity index (χ2v) is 4.84. The molecule has 0 aliphatic heterocycles. The summed E-state index contributed by atoms with van der Waals surface area (Å²) in [5.41, 5.74) is 5.55. The van der Waals surface area contributed by atoms with Crippen molar-refractivity contribution in [3.8, 4) is 0 Å². The van der Waals surface area contributed by atoms with Gasteiger partial charge in [-0.3, -0.25) is 0 Å². The number of rotatable bonds is 14. The maximum atomic E-state index is 5.55. The van der Waals surface area contributed by atoms with Gasteiger partial charge in [-0.2, -0.15) is 0 Å². The van der Waals surface area contributed by atoms with Gasteiger partial charge in [-0.05, 0) is 51.9 Å². The summed E-state index contributed by atoms with van der Waals surface area (Å²) >= 11 is 0. The minimum atomic E-state index is 0.815. The Balaban J connectivity index is 3.62. The average molecular weight is 258 g/mol. The molecule has 0 aliphatic carbocycles. The normalized spacial score (nSPS) is 11.3. The van der Waals surface area contributed by atoms with Gasteiger partial charge in [-0.15, -0.1) is 0 Å². The Morgan fingerprint density at radius 3 is 1.78 bits per heavy atom. The smallest absolute Gasteiger partial charge is 0.0107 e. The van der Waals surface area contributed by atoms with Crippen LogP contribution in [-0.4, -0.2) is 57.3 Å². The van der Waals surface area contributed by atoms with E-state index in [1.807, 2.05) is 0 Å². The van der Waals surface area contributed by atoms with Crippen molar-refractivity contribution in [2.75, 3.05) is 52.4 Å². The van der Waals surface area contributed by atoms with E-state index in [0.29, 0.717) is 0 Å². The first-order valence-electron chi connectivity index (χ1n) is 7.69. The Morgan fingerprint density at radius 2 is 1.33 bits per heavy atom. The van der Waals surface area contributed by atoms with Crippen LogP contribution in [0.5, 0.6) is 0 Å². The lowest BCUT2D eigenvalue weighted by molar-refractivity contribution is 0.268. The Hall–Kier alpha value is -0.160. The third-order valence-electron chi connectivity index (χ3n) is 2.99. The van der Waals surface area contributed by atoms with Gasteiger partial charge in [0, 0.05) is 26.2 Å². The van der Waals surface area contributed by atoms with Crippen molar-refractivity contribution in [3.63, 3.8) is 0 Å². The summed E-state index contributed by atoms with van der Waals surface area (Å²) in [7, 11) is 0. The molecular formula is C14H34N4. The monoisotopic (exact) mass is 258 g/mol. The van der Waals surface area contributed by atoms with Gasteiger partial charge in [0.25, 0.3) is 0 Å². The number of hydrogen-bond acceptors (Lipinski definition) is 4. The van der Waals surface area contributed by atoms with Crippen LogP contribution in [0.2, 0.25) is 0 Å². The van der Waals surface area contributed by atoms with Crippen LogP contribution in [0.1, 0.15) is 39.5 Å². The number of nitrogens with one attached hydrogen (secondary N) is 2. The quantitative estimate of drug-likeness (QED) is 0.407. The molecule has 0 aromatic carbocycles. The van der Waals surface area contributed by atoms with E-state index in [-0.39, 0.29) is 0 Å². The largest absolute Gasteiger partial charge is 0.330 e. The van der Waals surface area contributed by atoms with E-state index in [9.17, 15) is 0 Å². The van der Waals surface area contributed by atoms with E-state index >= 15 is 0 Å². The number of nitrogens with zero attached hydrogens (tertiary/aromatic N) is 1. The summed E-state index contributed by atoms with van der Waals surface area (Å²) in [5.74, 6) is 0. The van der Waals surface area contributed by atoms with Crippen molar-refractivity contribution in [2.24, 2.45) is 5.73 Å². The molecule has 0 saturated heterocycles. The van der Waals surface area contributed by atoms with Crippen LogP contribution in [0.25, 0.3) is 0 Å². The van der Waals surface area contributed by atoms with Crippen LogP contribution in [-0.2, 0) is 0 Å². The summed E-state index contributed by atoms with van der Waals surface area (Å²) in [4.78, 5) is 2.54. The molecule has 0 aromatic rings. The van der Waals surface area contributed by atoms with Crippen LogP contribution in [0.3, 0.4) is 0 Å². The van der Waals surface area contributed by atoms with Crippen molar-refractivity contribution < 1.29 is 0 Å². The van der Waals surface area contributed by atoms with Gasteiger partial charge in [-0.25, -0.2) is 0 Å². The zero-order chi connectivity index (χ0) is 13.5. The van der Waals surface area contributed by atoms with Crippen molar-refractivity contribution in [1.29, 1.82) is 0 Å². The fourth-order valence-corrected chi connectivity index (χ4v) is 1.89. The standard InChI is InChI=1S/C14H34N4/c1-3-8-16-10-13-18(12-6-5-7-15)14-11-17-9-4-2/h16-17H,3-15H2,1-2H3. The lowest BCUT2D eigenvalue weighted by Crippen LogP contribution is -2.38. The molecule has 0 unspecified atom stereocenters. The highest BCUT2D eigenvalue weighted by atomic mass is 15.1. The lowest BCUT2D eigenvalue weighted by Gasteiger charge is -2.22. The minimum Gasteiger partial charge on any atom is -0.330 e. The Morgan fingerprint density at radius 1 is 0.778 bits per heavy atom. The zero-order valence-electron chi connectivity index (χ0n) is 12.5. The van der Waals surface area contributed by atoms with E-state index < -0.39 is 0 Å². The minimum absolute atomic E-state index is 0.815. The molecule has 0 spiro atoms. The van der Waals surface area contributed by atoms with Crippen LogP contribution in [0.4, 0.5) is 0 Å². The van der Waals surface area contributed by atoms with Crippen LogP contribution < -0.4 is 16.4 Å². The SMILES string of the molecule is CCCNCCN(CCCCN)CCNCCC. The molecular weight excluding hydrogens is 224 g/mol. The summed E-state index contributed by atoms with van der Waals surface area (Å²) < 4.78 is 0. The van der Waals surface area contributed by atoms with Gasteiger partial charge >= 0.3 is 0 Å². The molecule has 4 heteroatoms. The van der Waals surface area contributed by atoms with E-state index in [0.717, 1.165) is 52.2 Å². The van der Waals surface area contributed by atoms with Crippen molar-refractivity contribution in [3.05, 3.63) is 0 Å². The summed E-state index contributed by atoms with van der Waals surface area (Å²) in [6.07, 6.45) is 4.79. The Labute approximate surface area is 114 Å². The summed E-state index contributed by atoms with van der Waals surface area (Å²) in [6, 6.07) is 0. The molecule has 18 heavy (non-hydrogen) atoms. The number of nitrogens with two attached hydrogens (primary N) is 1. The molecule has 0 rings (SSSR count). The van der Waals surface area contributed by atoms with Gasteiger partial charge in [-0.1, -0.05) is 13.8 Å². The topological polar surface area (TPSA) is 53.3 Å².